The summed E-state index contributed by atoms with van der Waals surface area (Å²) in [6, 6.07) is 19.3. The Labute approximate surface area is 121 Å². The van der Waals surface area contributed by atoms with Gasteiger partial charge in [0.25, 0.3) is 0 Å². The molecule has 0 bridgehead atoms. The summed E-state index contributed by atoms with van der Waals surface area (Å²) >= 11 is 0. The summed E-state index contributed by atoms with van der Waals surface area (Å²) in [7, 11) is 0. The molecule has 0 saturated carbocycles. The van der Waals surface area contributed by atoms with Gasteiger partial charge in [-0.05, 0) is 12.1 Å². The number of hydrogen-bond acceptors (Lipinski definition) is 3. The zero-order valence-electron chi connectivity index (χ0n) is 11.2. The van der Waals surface area contributed by atoms with Crippen LogP contribution in [-0.2, 0) is 0 Å². The predicted octanol–water partition coefficient (Wildman–Crippen LogP) is 2.46. The van der Waals surface area contributed by atoms with Gasteiger partial charge in [-0.25, -0.2) is 0 Å². The quantitative estimate of drug-likeness (QED) is 0.438. The molecule has 4 N–H and O–H groups in total. The molecule has 3 rings (SSSR count). The first-order chi connectivity index (χ1) is 10.2. The second-order valence-corrected chi connectivity index (χ2v) is 4.49. The lowest BCUT2D eigenvalue weighted by atomic mass is 10.1. The van der Waals surface area contributed by atoms with Gasteiger partial charge in [0, 0.05) is 10.9 Å². The molecule has 1 aromatic heterocycles. The Kier molecular flexibility index (Phi) is 3.39. The normalized spacial score (nSPS) is 11.5. The largest absolute Gasteiger partial charge is 0.454 e. The number of hydrogen-bond donors (Lipinski definition) is 2. The summed E-state index contributed by atoms with van der Waals surface area (Å²) in [6.07, 6.45) is 0. The molecular formula is C16H14N4O. The second kappa shape index (κ2) is 5.50. The van der Waals surface area contributed by atoms with Crippen molar-refractivity contribution in [2.24, 2.45) is 21.7 Å². The summed E-state index contributed by atoms with van der Waals surface area (Å²) in [5.41, 5.74) is 13.0. The van der Waals surface area contributed by atoms with Crippen LogP contribution < -0.4 is 11.5 Å². The summed E-state index contributed by atoms with van der Waals surface area (Å²) in [5, 5.41) is 8.87. The number of nitrogens with zero attached hydrogens (tertiary/aromatic N) is 2. The van der Waals surface area contributed by atoms with Crippen LogP contribution in [0.25, 0.3) is 11.0 Å². The molecule has 21 heavy (non-hydrogen) atoms. The van der Waals surface area contributed by atoms with E-state index >= 15 is 0 Å². The minimum atomic E-state index is -0.0976. The lowest BCUT2D eigenvalue weighted by Gasteiger charge is -2.01. The molecule has 3 aromatic rings. The first-order valence-electron chi connectivity index (χ1n) is 6.45. The van der Waals surface area contributed by atoms with Crippen LogP contribution in [0.2, 0.25) is 0 Å². The Balaban J connectivity index is 2.15. The van der Waals surface area contributed by atoms with E-state index in [0.717, 1.165) is 16.5 Å². The number of fused-ring (bicyclic) bond motifs is 1. The van der Waals surface area contributed by atoms with Gasteiger partial charge in [-0.3, -0.25) is 0 Å². The van der Waals surface area contributed by atoms with Crippen molar-refractivity contribution >= 4 is 22.6 Å². The van der Waals surface area contributed by atoms with Crippen molar-refractivity contribution in [2.45, 2.75) is 0 Å². The van der Waals surface area contributed by atoms with Crippen LogP contribution in [0.4, 0.5) is 0 Å². The average molecular weight is 278 g/mol. The fourth-order valence-electron chi connectivity index (χ4n) is 2.05. The molecule has 0 radical (unpaired) electrons. The van der Waals surface area contributed by atoms with Crippen molar-refractivity contribution < 1.29 is 4.42 Å². The maximum absolute atomic E-state index is 5.84. The van der Waals surface area contributed by atoms with Crippen molar-refractivity contribution in [1.29, 1.82) is 0 Å². The summed E-state index contributed by atoms with van der Waals surface area (Å²) in [4.78, 5) is 0. The fourth-order valence-corrected chi connectivity index (χ4v) is 2.05. The molecular weight excluding hydrogens is 264 g/mol. The highest BCUT2D eigenvalue weighted by Gasteiger charge is 2.12. The maximum Gasteiger partial charge on any atom is 0.211 e. The summed E-state index contributed by atoms with van der Waals surface area (Å²) in [6.45, 7) is 0. The monoisotopic (exact) mass is 278 g/mol. The Morgan fingerprint density at radius 2 is 1.57 bits per heavy atom. The molecule has 0 aliphatic rings. The highest BCUT2D eigenvalue weighted by Crippen LogP contribution is 2.21. The average Bonchev–Trinajstić information content (AvgIpc) is 2.92. The minimum Gasteiger partial charge on any atom is -0.454 e. The maximum atomic E-state index is 5.84. The van der Waals surface area contributed by atoms with E-state index in [1.54, 1.807) is 0 Å². The summed E-state index contributed by atoms with van der Waals surface area (Å²) in [5.74, 6) is 0.520. The Morgan fingerprint density at radius 3 is 2.29 bits per heavy atom. The van der Waals surface area contributed by atoms with Crippen LogP contribution in [0.15, 0.2) is 75.3 Å². The number of furan rings is 1. The van der Waals surface area contributed by atoms with Crippen molar-refractivity contribution in [3.05, 3.63) is 72.0 Å². The van der Waals surface area contributed by atoms with Crippen LogP contribution in [0, 0.1) is 0 Å². The number of rotatable bonds is 3. The number of nitrogens with two attached hydrogens (primary N) is 2. The molecule has 0 spiro atoms. The molecule has 0 saturated heterocycles. The molecule has 0 aliphatic heterocycles. The first-order valence-corrected chi connectivity index (χ1v) is 6.45. The van der Waals surface area contributed by atoms with E-state index in [0.29, 0.717) is 11.5 Å². The van der Waals surface area contributed by atoms with Crippen molar-refractivity contribution in [3.63, 3.8) is 0 Å². The predicted molar refractivity (Wildman–Crippen MR) is 84.1 cm³/mol. The van der Waals surface area contributed by atoms with Gasteiger partial charge in [-0.15, -0.1) is 10.2 Å². The van der Waals surface area contributed by atoms with Crippen LogP contribution in [0.5, 0.6) is 0 Å². The van der Waals surface area contributed by atoms with Crippen molar-refractivity contribution in [3.8, 4) is 0 Å². The van der Waals surface area contributed by atoms with Gasteiger partial charge in [-0.2, -0.15) is 0 Å². The van der Waals surface area contributed by atoms with E-state index in [4.69, 9.17) is 15.9 Å². The first kappa shape index (κ1) is 12.9. The highest BCUT2D eigenvalue weighted by atomic mass is 16.3. The van der Waals surface area contributed by atoms with E-state index in [9.17, 15) is 0 Å². The lowest BCUT2D eigenvalue weighted by Crippen LogP contribution is -2.22. The SMILES string of the molecule is NC(N)=N/N=C(\c1ccccc1)c1cc2ccccc2o1. The third-order valence-corrected chi connectivity index (χ3v) is 2.97. The molecule has 5 nitrogen and oxygen atoms in total. The van der Waals surface area contributed by atoms with Gasteiger partial charge in [0.1, 0.15) is 11.3 Å². The van der Waals surface area contributed by atoms with Gasteiger partial charge < -0.3 is 15.9 Å². The third-order valence-electron chi connectivity index (χ3n) is 2.97. The van der Waals surface area contributed by atoms with Crippen LogP contribution in [0.3, 0.4) is 0 Å². The topological polar surface area (TPSA) is 89.9 Å². The molecule has 2 aromatic carbocycles. The molecule has 1 heterocycles. The summed E-state index contributed by atoms with van der Waals surface area (Å²) < 4.78 is 5.84. The smallest absolute Gasteiger partial charge is 0.211 e. The zero-order valence-corrected chi connectivity index (χ0v) is 11.2. The van der Waals surface area contributed by atoms with Crippen LogP contribution >= 0.6 is 0 Å². The van der Waals surface area contributed by atoms with E-state index in [2.05, 4.69) is 10.2 Å². The Morgan fingerprint density at radius 1 is 0.857 bits per heavy atom. The van der Waals surface area contributed by atoms with Gasteiger partial charge in [-0.1, -0.05) is 48.5 Å². The van der Waals surface area contributed by atoms with Crippen molar-refractivity contribution in [2.75, 3.05) is 0 Å². The van der Waals surface area contributed by atoms with Crippen molar-refractivity contribution in [1.82, 2.24) is 0 Å². The molecule has 104 valence electrons. The fraction of sp³-hybridized carbons (Fsp3) is 0. The van der Waals surface area contributed by atoms with E-state index in [1.165, 1.54) is 0 Å². The molecule has 5 heteroatoms. The Bertz CT molecular complexity index is 781. The van der Waals surface area contributed by atoms with Crippen LogP contribution in [0.1, 0.15) is 11.3 Å². The number of benzene rings is 2. The van der Waals surface area contributed by atoms with Crippen LogP contribution in [-0.4, -0.2) is 11.7 Å². The van der Waals surface area contributed by atoms with Gasteiger partial charge in [0.2, 0.25) is 5.96 Å². The zero-order chi connectivity index (χ0) is 14.7. The minimum absolute atomic E-state index is 0.0976. The van der Waals surface area contributed by atoms with Gasteiger partial charge in [0.05, 0.1) is 0 Å². The molecule has 0 amide bonds. The molecule has 0 fully saturated rings. The standard InChI is InChI=1S/C16H14N4O/c17-16(18)20-19-15(11-6-2-1-3-7-11)14-10-12-8-4-5-9-13(12)21-14/h1-10H,(H4,17,18,20)/b19-15+. The number of para-hydroxylation sites is 1. The molecule has 0 unspecified atom stereocenters. The van der Waals surface area contributed by atoms with E-state index < -0.39 is 0 Å². The third kappa shape index (κ3) is 2.76. The highest BCUT2D eigenvalue weighted by molar-refractivity contribution is 6.12. The van der Waals surface area contributed by atoms with Gasteiger partial charge in [0.15, 0.2) is 5.76 Å². The Hall–Kier alpha value is -3.08. The molecule has 0 aliphatic carbocycles. The second-order valence-electron chi connectivity index (χ2n) is 4.49. The van der Waals surface area contributed by atoms with Gasteiger partial charge >= 0.3 is 0 Å². The lowest BCUT2D eigenvalue weighted by molar-refractivity contribution is 0.605. The number of guanidine groups is 1. The molecule has 0 atom stereocenters. The van der Waals surface area contributed by atoms with E-state index in [-0.39, 0.29) is 5.96 Å². The van der Waals surface area contributed by atoms with E-state index in [1.807, 2.05) is 60.7 Å².